The van der Waals surface area contributed by atoms with Crippen LogP contribution in [0, 0.1) is 0 Å². The second kappa shape index (κ2) is 20.4. The molecule has 168 valence electrons. The van der Waals surface area contributed by atoms with E-state index < -0.39 is 0 Å². The van der Waals surface area contributed by atoms with Gasteiger partial charge in [0.1, 0.15) is 0 Å². The average Bonchev–Trinajstić information content (AvgIpc) is 2.77. The Kier molecular flexibility index (Phi) is 17.8. The van der Waals surface area contributed by atoms with E-state index in [-0.39, 0.29) is 5.91 Å². The molecule has 0 unspecified atom stereocenters. The van der Waals surface area contributed by atoms with E-state index in [4.69, 9.17) is 0 Å². The minimum absolute atomic E-state index is 0.00838. The van der Waals surface area contributed by atoms with Crippen LogP contribution in [0.5, 0.6) is 0 Å². The number of allylic oxidation sites excluding steroid dienone is 1. The molecule has 1 aromatic carbocycles. The number of amides is 1. The highest BCUT2D eigenvalue weighted by molar-refractivity contribution is 5.81. The molecule has 0 heterocycles. The maximum absolute atomic E-state index is 11.8. The summed E-state index contributed by atoms with van der Waals surface area (Å²) in [4.78, 5) is 11.8. The summed E-state index contributed by atoms with van der Waals surface area (Å²) in [6, 6.07) is 10.0. The molecule has 0 aliphatic carbocycles. The van der Waals surface area contributed by atoms with Crippen molar-refractivity contribution in [2.24, 2.45) is 5.10 Å². The lowest BCUT2D eigenvalue weighted by molar-refractivity contribution is -0.121. The first kappa shape index (κ1) is 26.1. The number of hydrogen-bond donors (Lipinski definition) is 1. The van der Waals surface area contributed by atoms with Gasteiger partial charge < -0.3 is 0 Å². The van der Waals surface area contributed by atoms with Crippen LogP contribution in [-0.4, -0.2) is 12.1 Å². The highest BCUT2D eigenvalue weighted by Gasteiger charge is 1.99. The van der Waals surface area contributed by atoms with Gasteiger partial charge in [-0.25, -0.2) is 5.43 Å². The minimum atomic E-state index is 0.00838. The van der Waals surface area contributed by atoms with Crippen LogP contribution in [0.2, 0.25) is 0 Å². The van der Waals surface area contributed by atoms with Crippen molar-refractivity contribution in [1.82, 2.24) is 5.43 Å². The highest BCUT2D eigenvalue weighted by atomic mass is 16.2. The number of nitrogens with zero attached hydrogens (tertiary/aromatic N) is 1. The molecule has 0 bridgehead atoms. The maximum Gasteiger partial charge on any atom is 0.240 e. The van der Waals surface area contributed by atoms with Crippen molar-refractivity contribution >= 4 is 18.2 Å². The molecule has 0 saturated heterocycles. The quantitative estimate of drug-likeness (QED) is 0.139. The van der Waals surface area contributed by atoms with Crippen molar-refractivity contribution in [2.45, 2.75) is 110 Å². The standard InChI is InChI=1S/C27H44N2O/c1-2-3-4-5-6-7-8-9-10-11-12-13-14-15-19-24-27(30)29-28-25-20-23-26-21-17-16-18-22-26/h16-18,20-23,25H,2-15,19,24H2,1H3,(H,29,30)/b23-20+,28-25-. The van der Waals surface area contributed by atoms with E-state index in [1.54, 1.807) is 6.21 Å². The number of carbonyl (C=O) groups excluding carboxylic acids is 1. The molecule has 0 spiro atoms. The Hall–Kier alpha value is -1.90. The Balaban J connectivity index is 1.82. The number of carbonyl (C=O) groups is 1. The molecular weight excluding hydrogens is 368 g/mol. The molecule has 1 amide bonds. The molecule has 0 aliphatic heterocycles. The van der Waals surface area contributed by atoms with Gasteiger partial charge in [0.15, 0.2) is 0 Å². The molecule has 3 nitrogen and oxygen atoms in total. The zero-order valence-corrected chi connectivity index (χ0v) is 19.3. The first-order valence-electron chi connectivity index (χ1n) is 12.4. The van der Waals surface area contributed by atoms with E-state index in [0.29, 0.717) is 6.42 Å². The van der Waals surface area contributed by atoms with Gasteiger partial charge in [0.05, 0.1) is 0 Å². The number of benzene rings is 1. The van der Waals surface area contributed by atoms with Crippen LogP contribution < -0.4 is 5.43 Å². The SMILES string of the molecule is CCCCCCCCCCCCCCCCCC(=O)N/N=C\C=C\c1ccccc1. The van der Waals surface area contributed by atoms with Crippen molar-refractivity contribution in [3.8, 4) is 0 Å². The summed E-state index contributed by atoms with van der Waals surface area (Å²) >= 11 is 0. The van der Waals surface area contributed by atoms with Crippen molar-refractivity contribution < 1.29 is 4.79 Å². The molecule has 3 heteroatoms. The summed E-state index contributed by atoms with van der Waals surface area (Å²) in [5.74, 6) is 0.00838. The third-order valence-corrected chi connectivity index (χ3v) is 5.45. The van der Waals surface area contributed by atoms with Gasteiger partial charge >= 0.3 is 0 Å². The molecule has 1 N–H and O–H groups in total. The molecule has 0 aliphatic rings. The van der Waals surface area contributed by atoms with Gasteiger partial charge in [-0.15, -0.1) is 0 Å². The maximum atomic E-state index is 11.8. The number of hydrogen-bond acceptors (Lipinski definition) is 2. The Morgan fingerprint density at radius 2 is 1.27 bits per heavy atom. The van der Waals surface area contributed by atoms with Gasteiger partial charge in [-0.05, 0) is 18.1 Å². The fourth-order valence-corrected chi connectivity index (χ4v) is 3.58. The molecule has 1 rings (SSSR count). The minimum Gasteiger partial charge on any atom is -0.273 e. The lowest BCUT2D eigenvalue weighted by atomic mass is 10.0. The van der Waals surface area contributed by atoms with Gasteiger partial charge in [-0.3, -0.25) is 4.79 Å². The number of rotatable bonds is 19. The van der Waals surface area contributed by atoms with Crippen LogP contribution in [0.1, 0.15) is 115 Å². The Morgan fingerprint density at radius 1 is 0.767 bits per heavy atom. The summed E-state index contributed by atoms with van der Waals surface area (Å²) in [5, 5.41) is 3.96. The van der Waals surface area contributed by atoms with Crippen LogP contribution in [0.25, 0.3) is 6.08 Å². The zero-order chi connectivity index (χ0) is 21.5. The smallest absolute Gasteiger partial charge is 0.240 e. The van der Waals surface area contributed by atoms with E-state index in [1.807, 2.05) is 42.5 Å². The summed E-state index contributed by atoms with van der Waals surface area (Å²) in [6.45, 7) is 2.28. The summed E-state index contributed by atoms with van der Waals surface area (Å²) in [5.41, 5.74) is 3.72. The van der Waals surface area contributed by atoms with Gasteiger partial charge in [-0.2, -0.15) is 5.10 Å². The highest BCUT2D eigenvalue weighted by Crippen LogP contribution is 2.13. The fourth-order valence-electron chi connectivity index (χ4n) is 3.58. The Morgan fingerprint density at radius 3 is 1.80 bits per heavy atom. The lowest BCUT2D eigenvalue weighted by Gasteiger charge is -2.03. The topological polar surface area (TPSA) is 41.5 Å². The molecule has 0 aromatic heterocycles. The first-order chi connectivity index (χ1) is 14.8. The Labute approximate surface area is 185 Å². The van der Waals surface area contributed by atoms with E-state index in [9.17, 15) is 4.79 Å². The summed E-state index contributed by atoms with van der Waals surface area (Å²) in [7, 11) is 0. The Bertz CT molecular complexity index is 565. The molecule has 0 fully saturated rings. The molecule has 0 atom stereocenters. The largest absolute Gasteiger partial charge is 0.273 e. The van der Waals surface area contributed by atoms with Gasteiger partial charge in [0.25, 0.3) is 0 Å². The van der Waals surface area contributed by atoms with Crippen molar-refractivity contribution in [3.05, 3.63) is 42.0 Å². The third-order valence-electron chi connectivity index (χ3n) is 5.45. The predicted molar refractivity (Wildman–Crippen MR) is 132 cm³/mol. The van der Waals surface area contributed by atoms with Crippen molar-refractivity contribution in [1.29, 1.82) is 0 Å². The monoisotopic (exact) mass is 412 g/mol. The van der Waals surface area contributed by atoms with Crippen molar-refractivity contribution in [2.75, 3.05) is 0 Å². The van der Waals surface area contributed by atoms with E-state index >= 15 is 0 Å². The molecule has 0 saturated carbocycles. The zero-order valence-electron chi connectivity index (χ0n) is 19.3. The molecule has 0 radical (unpaired) electrons. The summed E-state index contributed by atoms with van der Waals surface area (Å²) in [6.07, 6.45) is 26.1. The normalized spacial score (nSPS) is 11.5. The predicted octanol–water partition coefficient (Wildman–Crippen LogP) is 8.06. The van der Waals surface area contributed by atoms with Crippen LogP contribution in [0.3, 0.4) is 0 Å². The van der Waals surface area contributed by atoms with E-state index in [0.717, 1.165) is 18.4 Å². The lowest BCUT2D eigenvalue weighted by Crippen LogP contribution is -2.16. The van der Waals surface area contributed by atoms with Gasteiger partial charge in [0, 0.05) is 12.6 Å². The van der Waals surface area contributed by atoms with E-state index in [1.165, 1.54) is 83.5 Å². The van der Waals surface area contributed by atoms with Crippen LogP contribution in [0.4, 0.5) is 0 Å². The average molecular weight is 413 g/mol. The van der Waals surface area contributed by atoms with Crippen LogP contribution in [0.15, 0.2) is 41.5 Å². The second-order valence-electron chi connectivity index (χ2n) is 8.28. The number of hydrazone groups is 1. The van der Waals surface area contributed by atoms with Crippen LogP contribution in [-0.2, 0) is 4.79 Å². The van der Waals surface area contributed by atoms with Crippen molar-refractivity contribution in [3.63, 3.8) is 0 Å². The van der Waals surface area contributed by atoms with E-state index in [2.05, 4.69) is 17.5 Å². The number of nitrogens with one attached hydrogen (secondary N) is 1. The molecule has 30 heavy (non-hydrogen) atoms. The fraction of sp³-hybridized carbons (Fsp3) is 0.630. The molecule has 1 aromatic rings. The second-order valence-corrected chi connectivity index (χ2v) is 8.28. The third kappa shape index (κ3) is 17.0. The first-order valence-corrected chi connectivity index (χ1v) is 12.4. The van der Waals surface area contributed by atoms with Gasteiger partial charge in [-0.1, -0.05) is 133 Å². The summed E-state index contributed by atoms with van der Waals surface area (Å²) < 4.78 is 0. The van der Waals surface area contributed by atoms with Crippen LogP contribution >= 0.6 is 0 Å². The number of unbranched alkanes of at least 4 members (excludes halogenated alkanes) is 14. The van der Waals surface area contributed by atoms with Gasteiger partial charge in [0.2, 0.25) is 5.91 Å². The molecular formula is C27H44N2O.